The fraction of sp³-hybridized carbons (Fsp3) is 0. The van der Waals surface area contributed by atoms with E-state index in [2.05, 4.69) is 5.92 Å². The van der Waals surface area contributed by atoms with Crippen molar-refractivity contribution in [1.82, 2.24) is 0 Å². The zero-order chi connectivity index (χ0) is 11.4. The van der Waals surface area contributed by atoms with Crippen molar-refractivity contribution in [2.24, 2.45) is 11.5 Å². The molecule has 1 rings (SSSR count). The third-order valence-corrected chi connectivity index (χ3v) is 1.51. The minimum atomic E-state index is -0.833. The molecule has 0 heterocycles. The third-order valence-electron chi connectivity index (χ3n) is 1.51. The Labute approximate surface area is 85.1 Å². The number of carbonyl (C=O) groups excluding carboxylic acids is 2. The predicted molar refractivity (Wildman–Crippen MR) is 51.0 cm³/mol. The average Bonchev–Trinajstić information content (AvgIpc) is 2.13. The molecule has 0 fully saturated rings. The van der Waals surface area contributed by atoms with Crippen LogP contribution in [0.25, 0.3) is 0 Å². The van der Waals surface area contributed by atoms with Gasteiger partial charge in [-0.1, -0.05) is 5.92 Å². The van der Waals surface area contributed by atoms with Gasteiger partial charge in [-0.15, -0.1) is 0 Å². The lowest BCUT2D eigenvalue weighted by molar-refractivity contribution is -0.112. The summed E-state index contributed by atoms with van der Waals surface area (Å²) in [6.07, 6.45) is 0. The van der Waals surface area contributed by atoms with Crippen molar-refractivity contribution < 1.29 is 14.0 Å². The summed E-state index contributed by atoms with van der Waals surface area (Å²) < 4.78 is 12.9. The van der Waals surface area contributed by atoms with E-state index in [1.165, 1.54) is 6.07 Å². The molecule has 0 saturated carbocycles. The van der Waals surface area contributed by atoms with Crippen LogP contribution in [0.2, 0.25) is 0 Å². The monoisotopic (exact) mass is 206 g/mol. The number of hydrogen-bond acceptors (Lipinski definition) is 2. The summed E-state index contributed by atoms with van der Waals surface area (Å²) in [5, 5.41) is 0. The van der Waals surface area contributed by atoms with Gasteiger partial charge in [-0.05, 0) is 24.1 Å². The Morgan fingerprint density at radius 3 is 2.40 bits per heavy atom. The van der Waals surface area contributed by atoms with Crippen LogP contribution in [-0.2, 0) is 4.79 Å². The molecule has 0 aliphatic rings. The van der Waals surface area contributed by atoms with E-state index in [-0.39, 0.29) is 11.1 Å². The highest BCUT2D eigenvalue weighted by molar-refractivity contribution is 5.94. The zero-order valence-electron chi connectivity index (χ0n) is 7.58. The Balaban J connectivity index is 3.17. The van der Waals surface area contributed by atoms with Gasteiger partial charge in [0.15, 0.2) is 0 Å². The highest BCUT2D eigenvalue weighted by Crippen LogP contribution is 2.07. The van der Waals surface area contributed by atoms with Crippen LogP contribution in [0.5, 0.6) is 0 Å². The normalized spacial score (nSPS) is 8.87. The maximum atomic E-state index is 12.9. The number of nitrogens with two attached hydrogens (primary N) is 2. The van der Waals surface area contributed by atoms with Gasteiger partial charge >= 0.3 is 0 Å². The van der Waals surface area contributed by atoms with Gasteiger partial charge in [-0.2, -0.15) is 0 Å². The molecule has 76 valence electrons. The first-order valence-corrected chi connectivity index (χ1v) is 3.91. The van der Waals surface area contributed by atoms with E-state index in [4.69, 9.17) is 11.5 Å². The Morgan fingerprint density at radius 2 is 1.87 bits per heavy atom. The molecule has 2 amide bonds. The van der Waals surface area contributed by atoms with Crippen LogP contribution >= 0.6 is 0 Å². The topological polar surface area (TPSA) is 86.2 Å². The molecule has 0 radical (unpaired) electrons. The minimum Gasteiger partial charge on any atom is -0.366 e. The standard InChI is InChI=1S/C10H7FN2O2/c11-8-4-6(1-2-9(12)14)3-7(5-8)10(13)15/h3-5H,(H2,12,14)(H2,13,15). The summed E-state index contributed by atoms with van der Waals surface area (Å²) in [7, 11) is 0. The average molecular weight is 206 g/mol. The second-order valence-corrected chi connectivity index (χ2v) is 2.71. The van der Waals surface area contributed by atoms with Gasteiger partial charge in [-0.25, -0.2) is 4.39 Å². The number of halogens is 1. The molecule has 4 N–H and O–H groups in total. The van der Waals surface area contributed by atoms with E-state index >= 15 is 0 Å². The second kappa shape index (κ2) is 4.24. The van der Waals surface area contributed by atoms with Crippen LogP contribution < -0.4 is 11.5 Å². The molecule has 0 saturated heterocycles. The summed E-state index contributed by atoms with van der Waals surface area (Å²) in [5.41, 5.74) is 9.90. The molecule has 15 heavy (non-hydrogen) atoms. The highest BCUT2D eigenvalue weighted by Gasteiger charge is 2.03. The van der Waals surface area contributed by atoms with Crippen molar-refractivity contribution >= 4 is 11.8 Å². The molecule has 0 unspecified atom stereocenters. The number of hydrogen-bond donors (Lipinski definition) is 2. The zero-order valence-corrected chi connectivity index (χ0v) is 7.58. The van der Waals surface area contributed by atoms with E-state index in [1.54, 1.807) is 0 Å². The van der Waals surface area contributed by atoms with Crippen molar-refractivity contribution in [3.63, 3.8) is 0 Å². The molecular weight excluding hydrogens is 199 g/mol. The first-order chi connectivity index (χ1) is 6.99. The molecule has 0 aliphatic heterocycles. The lowest BCUT2D eigenvalue weighted by atomic mass is 10.1. The van der Waals surface area contributed by atoms with Gasteiger partial charge in [0.05, 0.1) is 0 Å². The number of amides is 2. The Kier molecular flexibility index (Phi) is 3.03. The maximum absolute atomic E-state index is 12.9. The van der Waals surface area contributed by atoms with Crippen molar-refractivity contribution in [2.45, 2.75) is 0 Å². The number of rotatable bonds is 1. The van der Waals surface area contributed by atoms with Gasteiger partial charge in [0.1, 0.15) is 5.82 Å². The molecule has 1 aromatic rings. The predicted octanol–water partition coefficient (Wildman–Crippen LogP) is -0.239. The fourth-order valence-corrected chi connectivity index (χ4v) is 0.938. The van der Waals surface area contributed by atoms with Gasteiger partial charge in [0.2, 0.25) is 5.91 Å². The van der Waals surface area contributed by atoms with Crippen LogP contribution in [0.4, 0.5) is 4.39 Å². The summed E-state index contributed by atoms with van der Waals surface area (Å²) in [6.45, 7) is 0. The highest BCUT2D eigenvalue weighted by atomic mass is 19.1. The van der Waals surface area contributed by atoms with E-state index in [0.29, 0.717) is 0 Å². The molecule has 0 aliphatic carbocycles. The SMILES string of the molecule is NC(=O)C#Cc1cc(F)cc(C(N)=O)c1. The quantitative estimate of drug-likeness (QED) is 0.621. The molecule has 5 heteroatoms. The molecule has 4 nitrogen and oxygen atoms in total. The molecule has 0 atom stereocenters. The Morgan fingerprint density at radius 1 is 1.20 bits per heavy atom. The number of carbonyl (C=O) groups is 2. The van der Waals surface area contributed by atoms with Crippen LogP contribution in [0, 0.1) is 17.7 Å². The first-order valence-electron chi connectivity index (χ1n) is 3.91. The summed E-state index contributed by atoms with van der Waals surface area (Å²) in [6, 6.07) is 3.33. The number of benzene rings is 1. The Hall–Kier alpha value is -2.35. The van der Waals surface area contributed by atoms with Crippen molar-refractivity contribution in [3.8, 4) is 11.8 Å². The minimum absolute atomic E-state index is 0.0104. The van der Waals surface area contributed by atoms with Crippen molar-refractivity contribution in [3.05, 3.63) is 35.1 Å². The molecule has 0 aromatic heterocycles. The van der Waals surface area contributed by atoms with Crippen LogP contribution in [0.3, 0.4) is 0 Å². The van der Waals surface area contributed by atoms with Crippen molar-refractivity contribution in [1.29, 1.82) is 0 Å². The second-order valence-electron chi connectivity index (χ2n) is 2.71. The lowest BCUT2D eigenvalue weighted by Crippen LogP contribution is -2.11. The lowest BCUT2D eigenvalue weighted by Gasteiger charge is -1.97. The fourth-order valence-electron chi connectivity index (χ4n) is 0.938. The maximum Gasteiger partial charge on any atom is 0.293 e. The van der Waals surface area contributed by atoms with E-state index < -0.39 is 17.6 Å². The molecule has 0 bridgehead atoms. The van der Waals surface area contributed by atoms with Gasteiger partial charge in [0, 0.05) is 11.1 Å². The van der Waals surface area contributed by atoms with E-state index in [0.717, 1.165) is 12.1 Å². The number of primary amides is 2. The van der Waals surface area contributed by atoms with Gasteiger partial charge in [-0.3, -0.25) is 9.59 Å². The van der Waals surface area contributed by atoms with Crippen LogP contribution in [0.15, 0.2) is 18.2 Å². The summed E-state index contributed by atoms with van der Waals surface area (Å²) in [5.74, 6) is 2.08. The van der Waals surface area contributed by atoms with Gasteiger partial charge in [0.25, 0.3) is 5.91 Å². The van der Waals surface area contributed by atoms with Gasteiger partial charge < -0.3 is 11.5 Å². The molecule has 1 aromatic carbocycles. The molecular formula is C10H7FN2O2. The molecule has 0 spiro atoms. The smallest absolute Gasteiger partial charge is 0.293 e. The third kappa shape index (κ3) is 3.12. The van der Waals surface area contributed by atoms with Crippen LogP contribution in [-0.4, -0.2) is 11.8 Å². The van der Waals surface area contributed by atoms with E-state index in [9.17, 15) is 14.0 Å². The van der Waals surface area contributed by atoms with E-state index in [1.807, 2.05) is 5.92 Å². The summed E-state index contributed by atoms with van der Waals surface area (Å²) >= 11 is 0. The Bertz CT molecular complexity index is 486. The van der Waals surface area contributed by atoms with Crippen LogP contribution in [0.1, 0.15) is 15.9 Å². The first kappa shape index (κ1) is 10.7. The largest absolute Gasteiger partial charge is 0.366 e. The summed E-state index contributed by atoms with van der Waals surface area (Å²) in [4.78, 5) is 21.1. The van der Waals surface area contributed by atoms with Crippen molar-refractivity contribution in [2.75, 3.05) is 0 Å².